The van der Waals surface area contributed by atoms with Gasteiger partial charge >= 0.3 is 0 Å². The van der Waals surface area contributed by atoms with Crippen LogP contribution in [0.2, 0.25) is 5.02 Å². The summed E-state index contributed by atoms with van der Waals surface area (Å²) >= 11 is 7.16. The molecule has 0 aliphatic heterocycles. The molecule has 0 spiro atoms. The van der Waals surface area contributed by atoms with Crippen molar-refractivity contribution in [1.29, 1.82) is 5.26 Å². The molecule has 21 heavy (non-hydrogen) atoms. The minimum absolute atomic E-state index is 0.190. The molecule has 0 N–H and O–H groups in total. The Balaban J connectivity index is 1.91. The lowest BCUT2D eigenvalue weighted by molar-refractivity contribution is 0.572. The van der Waals surface area contributed by atoms with Crippen molar-refractivity contribution in [3.05, 3.63) is 41.2 Å². The summed E-state index contributed by atoms with van der Waals surface area (Å²) in [5.41, 5.74) is 0.190. The monoisotopic (exact) mass is 317 g/mol. The highest BCUT2D eigenvalue weighted by atomic mass is 35.5. The molecule has 0 bridgehead atoms. The number of hydrogen-bond donors (Lipinski definition) is 0. The lowest BCUT2D eigenvalue weighted by atomic mass is 10.4. The number of pyridine rings is 1. The lowest BCUT2D eigenvalue weighted by Crippen LogP contribution is -1.95. The van der Waals surface area contributed by atoms with Crippen LogP contribution in [0.15, 0.2) is 45.1 Å². The summed E-state index contributed by atoms with van der Waals surface area (Å²) in [7, 11) is 1.83. The molecule has 3 heterocycles. The molecule has 0 fully saturated rings. The molecule has 3 aromatic rings. The highest BCUT2D eigenvalue weighted by Gasteiger charge is 2.15. The molecule has 0 radical (unpaired) electrons. The summed E-state index contributed by atoms with van der Waals surface area (Å²) in [6.07, 6.45) is 1.58. The maximum absolute atomic E-state index is 8.94. The normalized spacial score (nSPS) is 10.5. The van der Waals surface area contributed by atoms with E-state index in [-0.39, 0.29) is 5.69 Å². The van der Waals surface area contributed by atoms with E-state index in [1.54, 1.807) is 29.0 Å². The summed E-state index contributed by atoms with van der Waals surface area (Å²) < 4.78 is 7.10. The first-order chi connectivity index (χ1) is 10.2. The van der Waals surface area contributed by atoms with Crippen LogP contribution >= 0.6 is 23.4 Å². The van der Waals surface area contributed by atoms with Gasteiger partial charge in [0.05, 0.1) is 11.3 Å². The zero-order chi connectivity index (χ0) is 14.8. The number of nitriles is 1. The van der Waals surface area contributed by atoms with Crippen LogP contribution in [0.5, 0.6) is 0 Å². The van der Waals surface area contributed by atoms with Crippen molar-refractivity contribution in [3.8, 4) is 17.7 Å². The molecular weight excluding hydrogens is 310 g/mol. The van der Waals surface area contributed by atoms with Gasteiger partial charge in [-0.15, -0.1) is 10.2 Å². The fraction of sp³-hybridized carbons (Fsp3) is 0.0769. The van der Waals surface area contributed by atoms with E-state index >= 15 is 0 Å². The predicted octanol–water partition coefficient (Wildman–Crippen LogP) is 3.15. The molecule has 3 aromatic heterocycles. The van der Waals surface area contributed by atoms with Gasteiger partial charge in [0.1, 0.15) is 11.1 Å². The number of rotatable bonds is 3. The van der Waals surface area contributed by atoms with Gasteiger partial charge in [0.25, 0.3) is 0 Å². The lowest BCUT2D eigenvalue weighted by Gasteiger charge is -2.02. The average molecular weight is 318 g/mol. The molecule has 8 heteroatoms. The van der Waals surface area contributed by atoms with Gasteiger partial charge < -0.3 is 8.98 Å². The summed E-state index contributed by atoms with van der Waals surface area (Å²) in [5, 5.41) is 18.7. The first-order valence-corrected chi connectivity index (χ1v) is 7.06. The second-order valence-corrected chi connectivity index (χ2v) is 5.43. The van der Waals surface area contributed by atoms with E-state index in [9.17, 15) is 0 Å². The van der Waals surface area contributed by atoms with Crippen molar-refractivity contribution < 1.29 is 4.42 Å². The highest BCUT2D eigenvalue weighted by molar-refractivity contribution is 7.99. The minimum atomic E-state index is 0.190. The van der Waals surface area contributed by atoms with Crippen LogP contribution in [0.1, 0.15) is 5.69 Å². The molecule has 104 valence electrons. The largest absolute Gasteiger partial charge is 0.461 e. The van der Waals surface area contributed by atoms with Gasteiger partial charge in [-0.3, -0.25) is 0 Å². The predicted molar refractivity (Wildman–Crippen MR) is 76.8 cm³/mol. The zero-order valence-corrected chi connectivity index (χ0v) is 12.4. The van der Waals surface area contributed by atoms with E-state index in [1.807, 2.05) is 19.2 Å². The van der Waals surface area contributed by atoms with E-state index < -0.39 is 0 Å². The quantitative estimate of drug-likeness (QED) is 0.738. The molecule has 0 aliphatic carbocycles. The number of aromatic nitrogens is 4. The first-order valence-electron chi connectivity index (χ1n) is 5.87. The van der Waals surface area contributed by atoms with E-state index in [1.165, 1.54) is 11.8 Å². The van der Waals surface area contributed by atoms with E-state index in [2.05, 4.69) is 15.2 Å². The Kier molecular flexibility index (Phi) is 3.64. The molecule has 0 saturated heterocycles. The Morgan fingerprint density at radius 3 is 2.90 bits per heavy atom. The van der Waals surface area contributed by atoms with Crippen LogP contribution < -0.4 is 0 Å². The van der Waals surface area contributed by atoms with Gasteiger partial charge in [-0.1, -0.05) is 11.6 Å². The summed E-state index contributed by atoms with van der Waals surface area (Å²) in [6.45, 7) is 0. The fourth-order valence-corrected chi connectivity index (χ4v) is 2.59. The molecule has 3 rings (SSSR count). The van der Waals surface area contributed by atoms with Gasteiger partial charge in [-0.2, -0.15) is 5.26 Å². The second-order valence-electron chi connectivity index (χ2n) is 4.04. The molecular formula is C13H8ClN5OS. The zero-order valence-electron chi connectivity index (χ0n) is 10.8. The smallest absolute Gasteiger partial charge is 0.200 e. The summed E-state index contributed by atoms with van der Waals surface area (Å²) in [4.78, 5) is 4.16. The SMILES string of the molecule is Cn1c(Sc2ccc(Cl)c(C#N)n2)nnc1-c1ccco1. The first kappa shape index (κ1) is 13.7. The van der Waals surface area contributed by atoms with Crippen molar-refractivity contribution in [2.24, 2.45) is 7.05 Å². The standard InChI is InChI=1S/C13H8ClN5OS/c1-19-12(10-3-2-6-20-10)17-18-13(19)21-11-5-4-8(14)9(7-15)16-11/h2-6H,1H3. The summed E-state index contributed by atoms with van der Waals surface area (Å²) in [5.74, 6) is 1.26. The molecule has 0 aliphatic rings. The third kappa shape index (κ3) is 2.63. The van der Waals surface area contributed by atoms with Gasteiger partial charge in [0, 0.05) is 7.05 Å². The number of halogens is 1. The van der Waals surface area contributed by atoms with Crippen LogP contribution in [0.4, 0.5) is 0 Å². The third-order valence-corrected chi connectivity index (χ3v) is 3.98. The van der Waals surface area contributed by atoms with Gasteiger partial charge in [0.2, 0.25) is 0 Å². The van der Waals surface area contributed by atoms with E-state index in [4.69, 9.17) is 21.3 Å². The van der Waals surface area contributed by atoms with Crippen molar-refractivity contribution in [2.45, 2.75) is 10.2 Å². The third-order valence-electron chi connectivity index (χ3n) is 2.70. The Morgan fingerprint density at radius 2 is 2.19 bits per heavy atom. The van der Waals surface area contributed by atoms with Crippen molar-refractivity contribution in [3.63, 3.8) is 0 Å². The average Bonchev–Trinajstić information content (AvgIpc) is 3.12. The molecule has 0 aromatic carbocycles. The molecule has 0 saturated carbocycles. The van der Waals surface area contributed by atoms with Gasteiger partial charge in [-0.05, 0) is 36.0 Å². The van der Waals surface area contributed by atoms with Crippen molar-refractivity contribution >= 4 is 23.4 Å². The Labute approximate surface area is 129 Å². The van der Waals surface area contributed by atoms with Crippen LogP contribution in [-0.4, -0.2) is 19.7 Å². The maximum atomic E-state index is 8.94. The number of furan rings is 1. The minimum Gasteiger partial charge on any atom is -0.461 e. The molecule has 0 amide bonds. The van der Waals surface area contributed by atoms with Crippen LogP contribution in [0, 0.1) is 11.3 Å². The topological polar surface area (TPSA) is 80.5 Å². The molecule has 0 unspecified atom stereocenters. The van der Waals surface area contributed by atoms with Crippen molar-refractivity contribution in [2.75, 3.05) is 0 Å². The Bertz CT molecular complexity index is 822. The van der Waals surface area contributed by atoms with Gasteiger partial charge in [0.15, 0.2) is 22.4 Å². The maximum Gasteiger partial charge on any atom is 0.200 e. The number of nitrogens with zero attached hydrogens (tertiary/aromatic N) is 5. The van der Waals surface area contributed by atoms with Crippen molar-refractivity contribution in [1.82, 2.24) is 19.7 Å². The van der Waals surface area contributed by atoms with E-state index in [0.717, 1.165) is 0 Å². The van der Waals surface area contributed by atoms with Gasteiger partial charge in [-0.25, -0.2) is 4.98 Å². The van der Waals surface area contributed by atoms with Crippen LogP contribution in [0.3, 0.4) is 0 Å². The van der Waals surface area contributed by atoms with E-state index in [0.29, 0.717) is 26.8 Å². The van der Waals surface area contributed by atoms with Crippen LogP contribution in [0.25, 0.3) is 11.6 Å². The highest BCUT2D eigenvalue weighted by Crippen LogP contribution is 2.28. The summed E-state index contributed by atoms with van der Waals surface area (Å²) in [6, 6.07) is 8.92. The Morgan fingerprint density at radius 1 is 1.33 bits per heavy atom. The molecule has 0 atom stereocenters. The fourth-order valence-electron chi connectivity index (χ4n) is 1.68. The Hall–Kier alpha value is -2.30. The molecule has 6 nitrogen and oxygen atoms in total. The van der Waals surface area contributed by atoms with Crippen LogP contribution in [-0.2, 0) is 7.05 Å². The number of hydrogen-bond acceptors (Lipinski definition) is 6. The second kappa shape index (κ2) is 5.60.